The Morgan fingerprint density at radius 1 is 1.57 bits per heavy atom. The molecule has 0 fully saturated rings. The maximum absolute atomic E-state index is 11.5. The van der Waals surface area contributed by atoms with Gasteiger partial charge in [-0.05, 0) is 25.1 Å². The van der Waals surface area contributed by atoms with Crippen molar-refractivity contribution >= 4 is 17.6 Å². The fourth-order valence-corrected chi connectivity index (χ4v) is 2.18. The van der Waals surface area contributed by atoms with E-state index in [0.717, 1.165) is 5.57 Å². The summed E-state index contributed by atoms with van der Waals surface area (Å²) in [7, 11) is 0. The highest BCUT2D eigenvalue weighted by molar-refractivity contribution is 6.31. The van der Waals surface area contributed by atoms with Crippen LogP contribution in [-0.2, 0) is 6.42 Å². The third kappa shape index (κ3) is 2.96. The molecule has 0 bridgehead atoms. The van der Waals surface area contributed by atoms with Gasteiger partial charge in [-0.15, -0.1) is 0 Å². The summed E-state index contributed by atoms with van der Waals surface area (Å²) in [6.45, 7) is 5.58. The van der Waals surface area contributed by atoms with Crippen molar-refractivity contribution in [3.8, 4) is 11.8 Å². The average molecular weight is 302 g/mol. The molecule has 2 rings (SSSR count). The van der Waals surface area contributed by atoms with E-state index in [0.29, 0.717) is 23.4 Å². The third-order valence-electron chi connectivity index (χ3n) is 2.87. The number of carboxylic acid groups (broad SMARTS) is 1. The highest BCUT2D eigenvalue weighted by atomic mass is 35.5. The number of aromatic nitrogens is 2. The molecule has 1 heterocycles. The Bertz CT molecular complexity index is 772. The van der Waals surface area contributed by atoms with Crippen LogP contribution in [-0.4, -0.2) is 20.6 Å². The maximum atomic E-state index is 11.5. The Balaban J connectivity index is 2.57. The number of imidazole rings is 1. The smallest absolute Gasteiger partial charge is 0.354 e. The maximum Gasteiger partial charge on any atom is 0.354 e. The lowest BCUT2D eigenvalue weighted by molar-refractivity contribution is 0.0687. The molecular weight excluding hydrogens is 290 g/mol. The first-order chi connectivity index (χ1) is 9.93. The van der Waals surface area contributed by atoms with Gasteiger partial charge >= 0.3 is 5.97 Å². The molecule has 2 aromatic rings. The number of allylic oxidation sites excluding steroid dienone is 1. The molecule has 1 aromatic carbocycles. The fraction of sp³-hybridized carbons (Fsp3) is 0.133. The van der Waals surface area contributed by atoms with Crippen LogP contribution in [0, 0.1) is 11.3 Å². The zero-order valence-corrected chi connectivity index (χ0v) is 12.1. The van der Waals surface area contributed by atoms with E-state index in [-0.39, 0.29) is 10.7 Å². The third-order valence-corrected chi connectivity index (χ3v) is 3.18. The Kier molecular flexibility index (Phi) is 4.10. The Morgan fingerprint density at radius 3 is 2.81 bits per heavy atom. The summed E-state index contributed by atoms with van der Waals surface area (Å²) in [6, 6.07) is 6.67. The number of nitrogens with zero attached hydrogens (tertiary/aromatic N) is 3. The highest BCUT2D eigenvalue weighted by Gasteiger charge is 2.19. The first-order valence-electron chi connectivity index (χ1n) is 6.08. The van der Waals surface area contributed by atoms with Crippen LogP contribution in [0.1, 0.15) is 28.7 Å². The normalized spacial score (nSPS) is 10.1. The van der Waals surface area contributed by atoms with Crippen molar-refractivity contribution in [2.45, 2.75) is 13.3 Å². The van der Waals surface area contributed by atoms with Crippen molar-refractivity contribution in [1.82, 2.24) is 9.55 Å². The van der Waals surface area contributed by atoms with Gasteiger partial charge in [-0.1, -0.05) is 23.8 Å². The molecule has 1 N–H and O–H groups in total. The summed E-state index contributed by atoms with van der Waals surface area (Å²) in [5.41, 5.74) is 2.20. The lowest BCUT2D eigenvalue weighted by Gasteiger charge is -2.07. The SMILES string of the molecule is C=C(C)Cc1ncn(-c2ccc(C#N)c(Cl)c2)c1C(=O)O. The molecule has 0 unspecified atom stereocenters. The molecule has 6 heteroatoms. The average Bonchev–Trinajstić information content (AvgIpc) is 2.81. The van der Waals surface area contributed by atoms with Crippen molar-refractivity contribution < 1.29 is 9.90 Å². The number of hydrogen-bond acceptors (Lipinski definition) is 3. The summed E-state index contributed by atoms with van der Waals surface area (Å²) in [6.07, 6.45) is 1.82. The predicted octanol–water partition coefficient (Wildman–Crippen LogP) is 3.21. The zero-order chi connectivity index (χ0) is 15.6. The highest BCUT2D eigenvalue weighted by Crippen LogP contribution is 2.22. The van der Waals surface area contributed by atoms with Crippen LogP contribution < -0.4 is 0 Å². The summed E-state index contributed by atoms with van der Waals surface area (Å²) in [5, 5.41) is 18.5. The van der Waals surface area contributed by atoms with Crippen molar-refractivity contribution in [3.63, 3.8) is 0 Å². The van der Waals surface area contributed by atoms with Crippen LogP contribution in [0.4, 0.5) is 0 Å². The van der Waals surface area contributed by atoms with Gasteiger partial charge in [0.25, 0.3) is 0 Å². The molecule has 106 valence electrons. The van der Waals surface area contributed by atoms with E-state index in [1.165, 1.54) is 10.9 Å². The van der Waals surface area contributed by atoms with Crippen molar-refractivity contribution in [2.24, 2.45) is 0 Å². The van der Waals surface area contributed by atoms with E-state index in [1.54, 1.807) is 18.2 Å². The number of halogens is 1. The van der Waals surface area contributed by atoms with Gasteiger partial charge in [0.1, 0.15) is 12.4 Å². The van der Waals surface area contributed by atoms with E-state index in [9.17, 15) is 9.90 Å². The summed E-state index contributed by atoms with van der Waals surface area (Å²) < 4.78 is 1.44. The van der Waals surface area contributed by atoms with Gasteiger partial charge in [-0.3, -0.25) is 4.57 Å². The molecule has 0 aliphatic heterocycles. The number of hydrogen-bond donors (Lipinski definition) is 1. The van der Waals surface area contributed by atoms with Crippen LogP contribution >= 0.6 is 11.6 Å². The van der Waals surface area contributed by atoms with Gasteiger partial charge in [0, 0.05) is 12.1 Å². The number of rotatable bonds is 4. The van der Waals surface area contributed by atoms with Crippen LogP contribution in [0.3, 0.4) is 0 Å². The molecule has 1 aromatic heterocycles. The van der Waals surface area contributed by atoms with Gasteiger partial charge in [0.15, 0.2) is 5.69 Å². The van der Waals surface area contributed by atoms with E-state index >= 15 is 0 Å². The molecule has 0 spiro atoms. The molecule has 5 nitrogen and oxygen atoms in total. The minimum Gasteiger partial charge on any atom is -0.477 e. The molecule has 0 atom stereocenters. The Morgan fingerprint density at radius 2 is 2.29 bits per heavy atom. The zero-order valence-electron chi connectivity index (χ0n) is 11.3. The summed E-state index contributed by atoms with van der Waals surface area (Å²) in [4.78, 5) is 15.6. The second-order valence-electron chi connectivity index (χ2n) is 4.62. The fourth-order valence-electron chi connectivity index (χ4n) is 1.97. The molecule has 0 aliphatic carbocycles. The van der Waals surface area contributed by atoms with E-state index in [1.807, 2.05) is 13.0 Å². The number of aromatic carboxylic acids is 1. The van der Waals surface area contributed by atoms with E-state index < -0.39 is 5.97 Å². The topological polar surface area (TPSA) is 78.9 Å². The molecule has 21 heavy (non-hydrogen) atoms. The van der Waals surface area contributed by atoms with Gasteiger partial charge < -0.3 is 5.11 Å². The van der Waals surface area contributed by atoms with Crippen LogP contribution in [0.25, 0.3) is 5.69 Å². The van der Waals surface area contributed by atoms with Crippen LogP contribution in [0.2, 0.25) is 5.02 Å². The Hall–Kier alpha value is -2.58. The predicted molar refractivity (Wildman–Crippen MR) is 78.8 cm³/mol. The number of benzene rings is 1. The largest absolute Gasteiger partial charge is 0.477 e. The Labute approximate surface area is 126 Å². The molecule has 0 saturated heterocycles. The van der Waals surface area contributed by atoms with E-state index in [2.05, 4.69) is 11.6 Å². The van der Waals surface area contributed by atoms with Crippen LogP contribution in [0.15, 0.2) is 36.7 Å². The minimum atomic E-state index is -1.08. The lowest BCUT2D eigenvalue weighted by atomic mass is 10.1. The van der Waals surface area contributed by atoms with Gasteiger partial charge in [-0.2, -0.15) is 5.26 Å². The number of carbonyl (C=O) groups is 1. The molecule has 0 radical (unpaired) electrons. The first-order valence-corrected chi connectivity index (χ1v) is 6.45. The van der Waals surface area contributed by atoms with Gasteiger partial charge in [0.05, 0.1) is 16.3 Å². The quantitative estimate of drug-likeness (QED) is 0.879. The standard InChI is InChI=1S/C15H12ClN3O2/c1-9(2)5-13-14(15(20)21)19(8-18-13)11-4-3-10(7-17)12(16)6-11/h3-4,6,8H,1,5H2,2H3,(H,20,21). The minimum absolute atomic E-state index is 0.0683. The summed E-state index contributed by atoms with van der Waals surface area (Å²) >= 11 is 5.98. The van der Waals surface area contributed by atoms with Crippen molar-refractivity contribution in [1.29, 1.82) is 5.26 Å². The second-order valence-corrected chi connectivity index (χ2v) is 5.03. The number of nitriles is 1. The summed E-state index contributed by atoms with van der Waals surface area (Å²) in [5.74, 6) is -1.08. The van der Waals surface area contributed by atoms with Gasteiger partial charge in [-0.25, -0.2) is 9.78 Å². The van der Waals surface area contributed by atoms with E-state index in [4.69, 9.17) is 16.9 Å². The molecule has 0 saturated carbocycles. The second kappa shape index (κ2) is 5.81. The molecular formula is C15H12ClN3O2. The van der Waals surface area contributed by atoms with Crippen LogP contribution in [0.5, 0.6) is 0 Å². The monoisotopic (exact) mass is 301 g/mol. The first kappa shape index (κ1) is 14.8. The van der Waals surface area contributed by atoms with Gasteiger partial charge in [0.2, 0.25) is 0 Å². The van der Waals surface area contributed by atoms with Crippen molar-refractivity contribution in [3.05, 3.63) is 58.7 Å². The lowest BCUT2D eigenvalue weighted by Crippen LogP contribution is -2.09. The number of carboxylic acids is 1. The molecule has 0 aliphatic rings. The van der Waals surface area contributed by atoms with Crippen molar-refractivity contribution in [2.75, 3.05) is 0 Å². The molecule has 0 amide bonds.